The zero-order chi connectivity index (χ0) is 18.9. The predicted molar refractivity (Wildman–Crippen MR) is 98.9 cm³/mol. The fourth-order valence-electron chi connectivity index (χ4n) is 2.32. The summed E-state index contributed by atoms with van der Waals surface area (Å²) in [6, 6.07) is 16.1. The number of hydrogen-bond acceptors (Lipinski definition) is 4. The van der Waals surface area contributed by atoms with E-state index in [2.05, 4.69) is 0 Å². The quantitative estimate of drug-likeness (QED) is 0.556. The molecule has 136 valence electrons. The van der Waals surface area contributed by atoms with Gasteiger partial charge in [0.25, 0.3) is 0 Å². The monoisotopic (exact) mass is 354 g/mol. The smallest absolute Gasteiger partial charge is 0.338 e. The fraction of sp³-hybridized carbons (Fsp3) is 0.200. The van der Waals surface area contributed by atoms with Crippen LogP contribution in [0, 0.1) is 5.92 Å². The fourth-order valence-corrected chi connectivity index (χ4v) is 2.32. The Bertz CT molecular complexity index is 774. The Hall–Kier alpha value is -3.12. The number of hydroxylamine groups is 2. The van der Waals surface area contributed by atoms with Gasteiger partial charge in [0.2, 0.25) is 0 Å². The molecule has 3 N–H and O–H groups in total. The van der Waals surface area contributed by atoms with Crippen LogP contribution in [0.1, 0.15) is 18.9 Å². The minimum atomic E-state index is -1.04. The number of benzene rings is 2. The molecular weight excluding hydrogens is 332 g/mol. The molecule has 0 heterocycles. The number of ketones is 1. The molecule has 1 unspecified atom stereocenters. The minimum absolute atomic E-state index is 0.0533. The van der Waals surface area contributed by atoms with Gasteiger partial charge in [-0.1, -0.05) is 49.4 Å². The number of nitrogens with zero attached hydrogens (tertiary/aromatic N) is 1. The number of nitrogens with two attached hydrogens (primary N) is 1. The molecule has 0 radical (unpaired) electrons. The van der Waals surface area contributed by atoms with Crippen LogP contribution < -0.4 is 10.5 Å². The molecule has 0 aromatic heterocycles. The second-order valence-electron chi connectivity index (χ2n) is 5.96. The Labute approximate surface area is 152 Å². The van der Waals surface area contributed by atoms with Crippen LogP contribution in [-0.4, -0.2) is 28.6 Å². The Kier molecular flexibility index (Phi) is 6.93. The molecule has 0 saturated carbocycles. The SMILES string of the molecule is CC(/C=C/c1cccc(Oc2ccccc2)c1)CC(=O)CN(O)C(N)=O. The maximum absolute atomic E-state index is 11.8. The molecule has 0 saturated heterocycles. The Morgan fingerprint density at radius 2 is 1.85 bits per heavy atom. The first-order valence-corrected chi connectivity index (χ1v) is 8.23. The molecule has 0 fully saturated rings. The predicted octanol–water partition coefficient (Wildman–Crippen LogP) is 3.86. The van der Waals surface area contributed by atoms with Crippen LogP contribution in [-0.2, 0) is 4.79 Å². The number of ether oxygens (including phenoxy) is 1. The third kappa shape index (κ3) is 6.41. The average molecular weight is 354 g/mol. The van der Waals surface area contributed by atoms with Crippen LogP contribution in [0.2, 0.25) is 0 Å². The topological polar surface area (TPSA) is 92.9 Å². The lowest BCUT2D eigenvalue weighted by Gasteiger charge is -2.12. The largest absolute Gasteiger partial charge is 0.457 e. The van der Waals surface area contributed by atoms with Gasteiger partial charge in [-0.15, -0.1) is 0 Å². The van der Waals surface area contributed by atoms with Crippen molar-refractivity contribution in [2.75, 3.05) is 6.54 Å². The zero-order valence-electron chi connectivity index (χ0n) is 14.5. The number of carbonyl (C=O) groups is 2. The highest BCUT2D eigenvalue weighted by molar-refractivity contribution is 5.84. The molecule has 2 aromatic carbocycles. The number of primary amides is 1. The molecule has 0 spiro atoms. The zero-order valence-corrected chi connectivity index (χ0v) is 14.5. The van der Waals surface area contributed by atoms with Gasteiger partial charge in [-0.3, -0.25) is 10.0 Å². The van der Waals surface area contributed by atoms with Gasteiger partial charge >= 0.3 is 6.03 Å². The first-order valence-electron chi connectivity index (χ1n) is 8.23. The first kappa shape index (κ1) is 19.2. The van der Waals surface area contributed by atoms with Crippen molar-refractivity contribution >= 4 is 17.9 Å². The molecule has 0 aliphatic heterocycles. The number of carbonyl (C=O) groups excluding carboxylic acids is 2. The Morgan fingerprint density at radius 3 is 2.54 bits per heavy atom. The number of amides is 2. The van der Waals surface area contributed by atoms with Gasteiger partial charge < -0.3 is 10.5 Å². The van der Waals surface area contributed by atoms with E-state index in [1.165, 1.54) is 0 Å². The molecule has 0 bridgehead atoms. The molecule has 6 nitrogen and oxygen atoms in total. The number of hydrogen-bond donors (Lipinski definition) is 2. The van der Waals surface area contributed by atoms with E-state index in [1.54, 1.807) is 0 Å². The lowest BCUT2D eigenvalue weighted by Crippen LogP contribution is -2.36. The summed E-state index contributed by atoms with van der Waals surface area (Å²) < 4.78 is 5.79. The maximum atomic E-state index is 11.8. The molecule has 6 heteroatoms. The Morgan fingerprint density at radius 1 is 1.15 bits per heavy atom. The normalized spacial score (nSPS) is 11.9. The Balaban J connectivity index is 1.92. The average Bonchev–Trinajstić information content (AvgIpc) is 2.61. The van der Waals surface area contributed by atoms with E-state index in [0.717, 1.165) is 17.1 Å². The third-order valence-electron chi connectivity index (χ3n) is 3.58. The van der Waals surface area contributed by atoms with E-state index >= 15 is 0 Å². The van der Waals surface area contributed by atoms with Gasteiger partial charge in [0.05, 0.1) is 0 Å². The van der Waals surface area contributed by atoms with Crippen molar-refractivity contribution in [1.82, 2.24) is 5.06 Å². The summed E-state index contributed by atoms with van der Waals surface area (Å²) in [5.41, 5.74) is 5.82. The number of rotatable bonds is 8. The molecule has 2 amide bonds. The van der Waals surface area contributed by atoms with Crippen molar-refractivity contribution in [3.63, 3.8) is 0 Å². The highest BCUT2D eigenvalue weighted by Crippen LogP contribution is 2.22. The van der Waals surface area contributed by atoms with E-state index in [4.69, 9.17) is 10.5 Å². The number of allylic oxidation sites excluding steroid dienone is 1. The minimum Gasteiger partial charge on any atom is -0.457 e. The first-order chi connectivity index (χ1) is 12.4. The molecule has 2 rings (SSSR count). The standard InChI is InChI=1S/C20H22N2O4/c1-15(12-17(23)14-22(25)20(21)24)10-11-16-6-5-9-19(13-16)26-18-7-3-2-4-8-18/h2-11,13,15,25H,12,14H2,1H3,(H2,21,24)/b11-10+. The second-order valence-corrected chi connectivity index (χ2v) is 5.96. The van der Waals surface area contributed by atoms with Crippen molar-refractivity contribution in [3.05, 3.63) is 66.2 Å². The van der Waals surface area contributed by atoms with Crippen LogP contribution in [0.15, 0.2) is 60.7 Å². The van der Waals surface area contributed by atoms with Crippen molar-refractivity contribution in [2.45, 2.75) is 13.3 Å². The summed E-state index contributed by atoms with van der Waals surface area (Å²) in [5.74, 6) is 1.15. The van der Waals surface area contributed by atoms with Crippen LogP contribution in [0.4, 0.5) is 4.79 Å². The van der Waals surface area contributed by atoms with Gasteiger partial charge in [0.1, 0.15) is 18.0 Å². The summed E-state index contributed by atoms with van der Waals surface area (Å²) in [6.45, 7) is 1.47. The van der Waals surface area contributed by atoms with Crippen molar-refractivity contribution in [1.29, 1.82) is 0 Å². The summed E-state index contributed by atoms with van der Waals surface area (Å²) in [6.07, 6.45) is 3.99. The van der Waals surface area contributed by atoms with E-state index in [0.29, 0.717) is 0 Å². The molecular formula is C20H22N2O4. The molecule has 1 atom stereocenters. The van der Waals surface area contributed by atoms with Crippen LogP contribution >= 0.6 is 0 Å². The van der Waals surface area contributed by atoms with Gasteiger partial charge in [0, 0.05) is 6.42 Å². The molecule has 0 aliphatic rings. The lowest BCUT2D eigenvalue weighted by molar-refractivity contribution is -0.127. The summed E-state index contributed by atoms with van der Waals surface area (Å²) in [4.78, 5) is 22.5. The van der Waals surface area contributed by atoms with Crippen molar-refractivity contribution in [3.8, 4) is 11.5 Å². The lowest BCUT2D eigenvalue weighted by atomic mass is 10.0. The molecule has 2 aromatic rings. The summed E-state index contributed by atoms with van der Waals surface area (Å²) in [5, 5.41) is 9.39. The van der Waals surface area contributed by atoms with Gasteiger partial charge in [-0.25, -0.2) is 4.79 Å². The summed E-state index contributed by atoms with van der Waals surface area (Å²) in [7, 11) is 0. The van der Waals surface area contributed by atoms with Crippen molar-refractivity contribution in [2.24, 2.45) is 11.7 Å². The van der Waals surface area contributed by atoms with Gasteiger partial charge in [-0.2, -0.15) is 5.06 Å². The molecule has 26 heavy (non-hydrogen) atoms. The highest BCUT2D eigenvalue weighted by Gasteiger charge is 2.13. The van der Waals surface area contributed by atoms with E-state index in [1.807, 2.05) is 73.7 Å². The number of Topliss-reactive ketones (excluding diaryl/α,β-unsaturated/α-hetero) is 1. The number of urea groups is 1. The number of para-hydroxylation sites is 1. The van der Waals surface area contributed by atoms with Crippen LogP contribution in [0.3, 0.4) is 0 Å². The third-order valence-corrected chi connectivity index (χ3v) is 3.58. The highest BCUT2D eigenvalue weighted by atomic mass is 16.5. The van der Waals surface area contributed by atoms with Gasteiger partial charge in [-0.05, 0) is 35.7 Å². The van der Waals surface area contributed by atoms with Crippen LogP contribution in [0.5, 0.6) is 11.5 Å². The van der Waals surface area contributed by atoms with Gasteiger partial charge in [0.15, 0.2) is 5.78 Å². The van der Waals surface area contributed by atoms with E-state index in [-0.39, 0.29) is 23.2 Å². The van der Waals surface area contributed by atoms with E-state index < -0.39 is 12.6 Å². The second kappa shape index (κ2) is 9.39. The maximum Gasteiger partial charge on any atom is 0.338 e. The molecule has 0 aliphatic carbocycles. The van der Waals surface area contributed by atoms with E-state index in [9.17, 15) is 14.8 Å². The van der Waals surface area contributed by atoms with Crippen LogP contribution in [0.25, 0.3) is 6.08 Å². The van der Waals surface area contributed by atoms with Crippen molar-refractivity contribution < 1.29 is 19.5 Å². The summed E-state index contributed by atoms with van der Waals surface area (Å²) >= 11 is 0.